The van der Waals surface area contributed by atoms with E-state index < -0.39 is 11.7 Å². The van der Waals surface area contributed by atoms with Gasteiger partial charge in [0.2, 0.25) is 0 Å². The van der Waals surface area contributed by atoms with Crippen molar-refractivity contribution < 1.29 is 9.53 Å². The van der Waals surface area contributed by atoms with Crippen molar-refractivity contribution in [3.8, 4) is 0 Å². The van der Waals surface area contributed by atoms with Gasteiger partial charge in [-0.25, -0.2) is 4.79 Å². The molecule has 0 N–H and O–H groups in total. The van der Waals surface area contributed by atoms with Crippen molar-refractivity contribution in [1.82, 2.24) is 9.78 Å². The number of rotatable bonds is 0. The maximum atomic E-state index is 12.0. The summed E-state index contributed by atoms with van der Waals surface area (Å²) >= 11 is 9.21. The molecule has 96 valence electrons. The molecule has 0 aliphatic heterocycles. The Bertz CT molecular complexity index is 616. The highest BCUT2D eigenvalue weighted by Gasteiger charge is 2.21. The van der Waals surface area contributed by atoms with Crippen LogP contribution in [0.15, 0.2) is 22.8 Å². The molecule has 0 aliphatic carbocycles. The van der Waals surface area contributed by atoms with Gasteiger partial charge >= 0.3 is 6.09 Å². The molecule has 0 radical (unpaired) electrons. The smallest absolute Gasteiger partial charge is 0.435 e. The summed E-state index contributed by atoms with van der Waals surface area (Å²) in [6.07, 6.45) is -0.513. The van der Waals surface area contributed by atoms with Crippen LogP contribution < -0.4 is 0 Å². The first-order valence-corrected chi connectivity index (χ1v) is 6.52. The fourth-order valence-corrected chi connectivity index (χ4v) is 2.15. The summed E-state index contributed by atoms with van der Waals surface area (Å²) in [5, 5.41) is 5.48. The first kappa shape index (κ1) is 13.4. The molecule has 0 aliphatic rings. The molecule has 0 unspecified atom stereocenters. The summed E-state index contributed by atoms with van der Waals surface area (Å²) in [7, 11) is 0. The summed E-state index contributed by atoms with van der Waals surface area (Å²) in [6, 6.07) is 5.19. The van der Waals surface area contributed by atoms with Gasteiger partial charge in [-0.1, -0.05) is 11.6 Å². The third-order valence-electron chi connectivity index (χ3n) is 2.16. The largest absolute Gasteiger partial charge is 0.442 e. The summed E-state index contributed by atoms with van der Waals surface area (Å²) < 4.78 is 7.07. The minimum atomic E-state index is -0.561. The highest BCUT2D eigenvalue weighted by atomic mass is 79.9. The van der Waals surface area contributed by atoms with Crippen LogP contribution in [-0.2, 0) is 4.74 Å². The minimum Gasteiger partial charge on any atom is -0.442 e. The summed E-state index contributed by atoms with van der Waals surface area (Å²) in [5.74, 6) is 0. The fourth-order valence-electron chi connectivity index (χ4n) is 1.50. The van der Waals surface area contributed by atoms with Crippen LogP contribution in [0.1, 0.15) is 20.8 Å². The standard InChI is InChI=1S/C12H12BrClN2O2/c1-12(2,3)18-11(17)16-9-5-4-7(14)6-8(9)10(13)15-16/h4-6H,1-3H3. The SMILES string of the molecule is CC(C)(C)OC(=O)n1nc(Br)c2cc(Cl)ccc21. The number of benzene rings is 1. The normalized spacial score (nSPS) is 11.8. The van der Waals surface area contributed by atoms with Gasteiger partial charge in [-0.2, -0.15) is 9.78 Å². The lowest BCUT2D eigenvalue weighted by atomic mass is 10.2. The third kappa shape index (κ3) is 2.67. The molecule has 0 fully saturated rings. The van der Waals surface area contributed by atoms with Crippen LogP contribution in [-0.4, -0.2) is 21.5 Å². The van der Waals surface area contributed by atoms with Crippen LogP contribution in [0.25, 0.3) is 10.9 Å². The van der Waals surface area contributed by atoms with E-state index in [-0.39, 0.29) is 0 Å². The number of hydrogen-bond acceptors (Lipinski definition) is 3. The van der Waals surface area contributed by atoms with E-state index in [9.17, 15) is 4.79 Å². The Morgan fingerprint density at radius 3 is 2.72 bits per heavy atom. The second-order valence-corrected chi connectivity index (χ2v) is 6.03. The molecular formula is C12H12BrClN2O2. The Hall–Kier alpha value is -1.07. The fraction of sp³-hybridized carbons (Fsp3) is 0.333. The van der Waals surface area contributed by atoms with Crippen LogP contribution in [0.5, 0.6) is 0 Å². The van der Waals surface area contributed by atoms with Crippen LogP contribution >= 0.6 is 27.5 Å². The van der Waals surface area contributed by atoms with Gasteiger partial charge < -0.3 is 4.74 Å². The number of carbonyl (C=O) groups excluding carboxylic acids is 1. The van der Waals surface area contributed by atoms with E-state index in [1.807, 2.05) is 20.8 Å². The van der Waals surface area contributed by atoms with Gasteiger partial charge in [0.15, 0.2) is 0 Å². The molecule has 18 heavy (non-hydrogen) atoms. The van der Waals surface area contributed by atoms with Gasteiger partial charge in [0, 0.05) is 10.4 Å². The quantitative estimate of drug-likeness (QED) is 0.725. The number of nitrogens with zero attached hydrogens (tertiary/aromatic N) is 2. The van der Waals surface area contributed by atoms with Gasteiger partial charge in [-0.05, 0) is 54.9 Å². The van der Waals surface area contributed by atoms with Crippen molar-refractivity contribution in [3.05, 3.63) is 27.8 Å². The molecule has 0 atom stereocenters. The monoisotopic (exact) mass is 330 g/mol. The zero-order chi connectivity index (χ0) is 13.5. The molecule has 4 nitrogen and oxygen atoms in total. The van der Waals surface area contributed by atoms with E-state index in [0.717, 1.165) is 5.39 Å². The topological polar surface area (TPSA) is 44.1 Å². The van der Waals surface area contributed by atoms with E-state index in [0.29, 0.717) is 15.1 Å². The number of fused-ring (bicyclic) bond motifs is 1. The maximum absolute atomic E-state index is 12.0. The molecule has 1 aromatic heterocycles. The first-order valence-electron chi connectivity index (χ1n) is 5.35. The van der Waals surface area contributed by atoms with Crippen LogP contribution in [0.3, 0.4) is 0 Å². The number of carbonyl (C=O) groups is 1. The molecule has 0 amide bonds. The van der Waals surface area contributed by atoms with Crippen molar-refractivity contribution >= 4 is 44.5 Å². The van der Waals surface area contributed by atoms with Crippen molar-refractivity contribution in [1.29, 1.82) is 0 Å². The predicted octanol–water partition coefficient (Wildman–Crippen LogP) is 4.24. The number of hydrogen-bond donors (Lipinski definition) is 0. The number of aromatic nitrogens is 2. The highest BCUT2D eigenvalue weighted by Crippen LogP contribution is 2.26. The molecule has 6 heteroatoms. The Balaban J connectivity index is 2.49. The second-order valence-electron chi connectivity index (χ2n) is 4.84. The average Bonchev–Trinajstić information content (AvgIpc) is 2.54. The van der Waals surface area contributed by atoms with Crippen molar-refractivity contribution in [3.63, 3.8) is 0 Å². The lowest BCUT2D eigenvalue weighted by Crippen LogP contribution is -2.27. The number of ether oxygens (including phenoxy) is 1. The van der Waals surface area contributed by atoms with Crippen molar-refractivity contribution in [2.75, 3.05) is 0 Å². The summed E-state index contributed by atoms with van der Waals surface area (Å²) in [4.78, 5) is 12.0. The third-order valence-corrected chi connectivity index (χ3v) is 2.98. The van der Waals surface area contributed by atoms with E-state index in [4.69, 9.17) is 16.3 Å². The molecule has 2 aromatic rings. The number of halogens is 2. The van der Waals surface area contributed by atoms with Gasteiger partial charge in [-0.3, -0.25) is 0 Å². The molecule has 0 saturated carbocycles. The minimum absolute atomic E-state index is 0.513. The summed E-state index contributed by atoms with van der Waals surface area (Å²) in [5.41, 5.74) is 0.0920. The second kappa shape index (κ2) is 4.55. The highest BCUT2D eigenvalue weighted by molar-refractivity contribution is 9.10. The lowest BCUT2D eigenvalue weighted by molar-refractivity contribution is 0.0522. The van der Waals surface area contributed by atoms with E-state index >= 15 is 0 Å². The van der Waals surface area contributed by atoms with Gasteiger partial charge in [-0.15, -0.1) is 0 Å². The molecule has 2 rings (SSSR count). The molecule has 1 heterocycles. The molecular weight excluding hydrogens is 320 g/mol. The zero-order valence-electron chi connectivity index (χ0n) is 10.2. The van der Waals surface area contributed by atoms with E-state index in [2.05, 4.69) is 21.0 Å². The van der Waals surface area contributed by atoms with Gasteiger partial charge in [0.05, 0.1) is 5.52 Å². The lowest BCUT2D eigenvalue weighted by Gasteiger charge is -2.19. The van der Waals surface area contributed by atoms with E-state index in [1.54, 1.807) is 18.2 Å². The van der Waals surface area contributed by atoms with E-state index in [1.165, 1.54) is 4.68 Å². The zero-order valence-corrected chi connectivity index (χ0v) is 12.5. The van der Waals surface area contributed by atoms with Crippen molar-refractivity contribution in [2.45, 2.75) is 26.4 Å². The van der Waals surface area contributed by atoms with Crippen LogP contribution in [0.2, 0.25) is 5.02 Å². The Morgan fingerprint density at radius 2 is 2.11 bits per heavy atom. The van der Waals surface area contributed by atoms with Gasteiger partial charge in [0.25, 0.3) is 0 Å². The molecule has 1 aromatic carbocycles. The average molecular weight is 332 g/mol. The Morgan fingerprint density at radius 1 is 1.44 bits per heavy atom. The summed E-state index contributed by atoms with van der Waals surface area (Å²) in [6.45, 7) is 5.42. The van der Waals surface area contributed by atoms with Crippen LogP contribution in [0, 0.1) is 0 Å². The van der Waals surface area contributed by atoms with Crippen LogP contribution in [0.4, 0.5) is 4.79 Å². The Kier molecular flexibility index (Phi) is 3.38. The molecule has 0 saturated heterocycles. The predicted molar refractivity (Wildman–Crippen MR) is 74.1 cm³/mol. The first-order chi connectivity index (χ1) is 8.28. The van der Waals surface area contributed by atoms with Crippen molar-refractivity contribution in [2.24, 2.45) is 0 Å². The van der Waals surface area contributed by atoms with Gasteiger partial charge in [0.1, 0.15) is 10.2 Å². The molecule has 0 spiro atoms. The molecule has 0 bridgehead atoms. The Labute approximate surface area is 118 Å². The maximum Gasteiger partial charge on any atom is 0.435 e.